The van der Waals surface area contributed by atoms with Gasteiger partial charge >= 0.3 is 5.97 Å². The third-order valence-electron chi connectivity index (χ3n) is 2.15. The van der Waals surface area contributed by atoms with Crippen molar-refractivity contribution in [2.75, 3.05) is 7.11 Å². The van der Waals surface area contributed by atoms with E-state index in [1.807, 2.05) is 0 Å². The lowest BCUT2D eigenvalue weighted by Crippen LogP contribution is -2.28. The molecule has 0 spiro atoms. The van der Waals surface area contributed by atoms with Crippen molar-refractivity contribution in [3.05, 3.63) is 11.1 Å². The van der Waals surface area contributed by atoms with Crippen LogP contribution < -0.4 is 5.11 Å². The molecule has 0 aliphatic heterocycles. The lowest BCUT2D eigenvalue weighted by Gasteiger charge is -2.18. The van der Waals surface area contributed by atoms with Gasteiger partial charge in [-0.05, 0) is 31.3 Å². The average molecular weight is 183 g/mol. The zero-order valence-electron chi connectivity index (χ0n) is 7.46. The molecule has 4 nitrogen and oxygen atoms in total. The highest BCUT2D eigenvalue weighted by Gasteiger charge is 2.19. The predicted octanol–water partition coefficient (Wildman–Crippen LogP) is -0.220. The molecule has 0 atom stereocenters. The van der Waals surface area contributed by atoms with E-state index in [0.717, 1.165) is 12.8 Å². The van der Waals surface area contributed by atoms with Gasteiger partial charge < -0.3 is 14.6 Å². The number of hydrogen-bond donors (Lipinski definition) is 0. The Hall–Kier alpha value is -1.32. The van der Waals surface area contributed by atoms with Gasteiger partial charge in [0.15, 0.2) is 0 Å². The summed E-state index contributed by atoms with van der Waals surface area (Å²) >= 11 is 0. The Bertz CT molecular complexity index is 265. The van der Waals surface area contributed by atoms with Crippen LogP contribution in [0.25, 0.3) is 0 Å². The van der Waals surface area contributed by atoms with Crippen LogP contribution >= 0.6 is 0 Å². The highest BCUT2D eigenvalue weighted by molar-refractivity contribution is 5.99. The van der Waals surface area contributed by atoms with E-state index >= 15 is 0 Å². The van der Waals surface area contributed by atoms with Crippen molar-refractivity contribution in [1.29, 1.82) is 0 Å². The van der Waals surface area contributed by atoms with Gasteiger partial charge in [-0.25, -0.2) is 4.79 Å². The summed E-state index contributed by atoms with van der Waals surface area (Å²) in [6, 6.07) is 0. The summed E-state index contributed by atoms with van der Waals surface area (Å²) in [5, 5.41) is 10.6. The van der Waals surface area contributed by atoms with E-state index in [9.17, 15) is 14.7 Å². The van der Waals surface area contributed by atoms with Gasteiger partial charge in [0.2, 0.25) is 0 Å². The van der Waals surface area contributed by atoms with Crippen LogP contribution in [0.2, 0.25) is 0 Å². The smallest absolute Gasteiger partial charge is 0.334 e. The lowest BCUT2D eigenvalue weighted by molar-refractivity contribution is -0.299. The quantitative estimate of drug-likeness (QED) is 0.555. The van der Waals surface area contributed by atoms with E-state index in [0.29, 0.717) is 12.8 Å². The number of aliphatic carboxylic acids is 1. The first kappa shape index (κ1) is 9.77. The molecule has 0 aromatic carbocycles. The van der Waals surface area contributed by atoms with E-state index in [4.69, 9.17) is 0 Å². The zero-order valence-corrected chi connectivity index (χ0v) is 7.46. The van der Waals surface area contributed by atoms with Crippen LogP contribution in [0.1, 0.15) is 25.7 Å². The Morgan fingerprint density at radius 2 is 1.77 bits per heavy atom. The number of carboxylic acids is 1. The molecule has 0 radical (unpaired) electrons. The molecule has 1 aliphatic carbocycles. The van der Waals surface area contributed by atoms with E-state index in [-0.39, 0.29) is 11.1 Å². The van der Waals surface area contributed by atoms with Crippen LogP contribution in [0.15, 0.2) is 11.1 Å². The first-order valence-electron chi connectivity index (χ1n) is 4.18. The Morgan fingerprint density at radius 3 is 2.23 bits per heavy atom. The SMILES string of the molecule is COC(=O)C1=C(C(=O)[O-])CCCC1. The largest absolute Gasteiger partial charge is 0.545 e. The minimum atomic E-state index is -1.25. The van der Waals surface area contributed by atoms with Crippen molar-refractivity contribution in [3.63, 3.8) is 0 Å². The van der Waals surface area contributed by atoms with Crippen LogP contribution in [-0.4, -0.2) is 19.0 Å². The van der Waals surface area contributed by atoms with Crippen LogP contribution in [-0.2, 0) is 14.3 Å². The minimum Gasteiger partial charge on any atom is -0.545 e. The van der Waals surface area contributed by atoms with Crippen molar-refractivity contribution < 1.29 is 19.4 Å². The second kappa shape index (κ2) is 4.07. The molecule has 0 amide bonds. The van der Waals surface area contributed by atoms with Gasteiger partial charge in [0, 0.05) is 5.57 Å². The second-order valence-electron chi connectivity index (χ2n) is 2.94. The molecule has 0 heterocycles. The van der Waals surface area contributed by atoms with E-state index < -0.39 is 11.9 Å². The number of rotatable bonds is 2. The van der Waals surface area contributed by atoms with E-state index in [2.05, 4.69) is 4.74 Å². The number of methoxy groups -OCH3 is 1. The third-order valence-corrected chi connectivity index (χ3v) is 2.15. The van der Waals surface area contributed by atoms with Gasteiger partial charge in [-0.15, -0.1) is 0 Å². The van der Waals surface area contributed by atoms with Crippen molar-refractivity contribution in [2.45, 2.75) is 25.7 Å². The monoisotopic (exact) mass is 183 g/mol. The fraction of sp³-hybridized carbons (Fsp3) is 0.556. The lowest BCUT2D eigenvalue weighted by atomic mass is 9.92. The molecule has 0 aromatic rings. The average Bonchev–Trinajstić information content (AvgIpc) is 2.16. The van der Waals surface area contributed by atoms with Crippen molar-refractivity contribution in [3.8, 4) is 0 Å². The Kier molecular flexibility index (Phi) is 3.06. The first-order valence-corrected chi connectivity index (χ1v) is 4.18. The molecule has 72 valence electrons. The minimum absolute atomic E-state index is 0.109. The van der Waals surface area contributed by atoms with Crippen LogP contribution in [0, 0.1) is 0 Å². The van der Waals surface area contributed by atoms with Gasteiger partial charge in [-0.1, -0.05) is 0 Å². The van der Waals surface area contributed by atoms with Gasteiger partial charge in [-0.3, -0.25) is 0 Å². The summed E-state index contributed by atoms with van der Waals surface area (Å²) in [4.78, 5) is 21.7. The fourth-order valence-corrected chi connectivity index (χ4v) is 1.48. The maximum absolute atomic E-state index is 11.1. The van der Waals surface area contributed by atoms with E-state index in [1.165, 1.54) is 7.11 Å². The fourth-order valence-electron chi connectivity index (χ4n) is 1.48. The predicted molar refractivity (Wildman–Crippen MR) is 42.5 cm³/mol. The molecule has 0 saturated heterocycles. The molecule has 0 N–H and O–H groups in total. The maximum Gasteiger partial charge on any atom is 0.334 e. The molecule has 1 rings (SSSR count). The van der Waals surface area contributed by atoms with Gasteiger partial charge in [-0.2, -0.15) is 0 Å². The zero-order chi connectivity index (χ0) is 9.84. The molecule has 0 aromatic heterocycles. The van der Waals surface area contributed by atoms with Crippen LogP contribution in [0.5, 0.6) is 0 Å². The Labute approximate surface area is 76.2 Å². The van der Waals surface area contributed by atoms with E-state index in [1.54, 1.807) is 0 Å². The summed E-state index contributed by atoms with van der Waals surface area (Å²) in [5.41, 5.74) is 0.381. The number of carboxylic acid groups (broad SMARTS) is 1. The van der Waals surface area contributed by atoms with Crippen molar-refractivity contribution in [1.82, 2.24) is 0 Å². The highest BCUT2D eigenvalue weighted by atomic mass is 16.5. The molecular weight excluding hydrogens is 172 g/mol. The van der Waals surface area contributed by atoms with Gasteiger partial charge in [0.05, 0.1) is 13.1 Å². The van der Waals surface area contributed by atoms with Crippen molar-refractivity contribution in [2.24, 2.45) is 0 Å². The molecule has 0 unspecified atom stereocenters. The molecule has 4 heteroatoms. The maximum atomic E-state index is 11.1. The number of carbonyl (C=O) groups is 2. The summed E-state index contributed by atoms with van der Waals surface area (Å²) in [6.45, 7) is 0. The number of hydrogen-bond acceptors (Lipinski definition) is 4. The van der Waals surface area contributed by atoms with Crippen LogP contribution in [0.3, 0.4) is 0 Å². The topological polar surface area (TPSA) is 66.4 Å². The molecule has 0 fully saturated rings. The highest BCUT2D eigenvalue weighted by Crippen LogP contribution is 2.24. The Morgan fingerprint density at radius 1 is 1.23 bits per heavy atom. The molecule has 1 aliphatic rings. The molecule has 0 bridgehead atoms. The summed E-state index contributed by atoms with van der Waals surface area (Å²) < 4.78 is 4.48. The van der Waals surface area contributed by atoms with Gasteiger partial charge in [0.25, 0.3) is 0 Å². The molecule has 13 heavy (non-hydrogen) atoms. The Balaban J connectivity index is 2.96. The number of ether oxygens (including phenoxy) is 1. The summed E-state index contributed by atoms with van der Waals surface area (Å²) in [5.74, 6) is -1.79. The molecule has 0 saturated carbocycles. The standard InChI is InChI=1S/C9H12O4/c1-13-9(12)7-5-3-2-4-6(7)8(10)11/h2-5H2,1H3,(H,10,11)/p-1. The second-order valence-corrected chi connectivity index (χ2v) is 2.94. The third kappa shape index (κ3) is 2.08. The van der Waals surface area contributed by atoms with Crippen LogP contribution in [0.4, 0.5) is 0 Å². The van der Waals surface area contributed by atoms with Crippen molar-refractivity contribution >= 4 is 11.9 Å². The summed E-state index contributed by atoms with van der Waals surface area (Å²) in [7, 11) is 1.25. The first-order chi connectivity index (χ1) is 6.16. The number of esters is 1. The normalized spacial score (nSPS) is 17.0. The summed E-state index contributed by atoms with van der Waals surface area (Å²) in [6.07, 6.45) is 2.52. The van der Waals surface area contributed by atoms with Gasteiger partial charge in [0.1, 0.15) is 0 Å². The number of carbonyl (C=O) groups excluding carboxylic acids is 2. The molecular formula is C9H11O4-.